The minimum atomic E-state index is -0.550. The number of benzene rings is 1. The topological polar surface area (TPSA) is 137 Å². The number of nitrogens with two attached hydrogens (primary N) is 1. The van der Waals surface area contributed by atoms with Crippen molar-refractivity contribution in [2.75, 3.05) is 6.61 Å². The highest BCUT2D eigenvalue weighted by Crippen LogP contribution is 2.28. The van der Waals surface area contributed by atoms with E-state index in [0.29, 0.717) is 11.3 Å². The van der Waals surface area contributed by atoms with Crippen molar-refractivity contribution < 1.29 is 13.9 Å². The molecule has 0 bridgehead atoms. The molecule has 1 heterocycles. The van der Waals surface area contributed by atoms with Crippen LogP contribution in [0, 0.1) is 34.0 Å². The molecule has 0 spiro atoms. The lowest BCUT2D eigenvalue weighted by atomic mass is 10.1. The van der Waals surface area contributed by atoms with Crippen molar-refractivity contribution in [1.29, 1.82) is 15.8 Å². The van der Waals surface area contributed by atoms with Crippen LogP contribution >= 0.6 is 11.6 Å². The molecule has 0 saturated heterocycles. The van der Waals surface area contributed by atoms with E-state index in [0.717, 1.165) is 0 Å². The number of ether oxygens (including phenoxy) is 1. The van der Waals surface area contributed by atoms with Crippen LogP contribution in [-0.4, -0.2) is 12.6 Å². The van der Waals surface area contributed by atoms with Gasteiger partial charge in [0, 0.05) is 11.6 Å². The molecule has 138 valence electrons. The van der Waals surface area contributed by atoms with Gasteiger partial charge in [0.2, 0.25) is 0 Å². The molecule has 0 aliphatic carbocycles. The van der Waals surface area contributed by atoms with Gasteiger partial charge >= 0.3 is 5.97 Å². The molecule has 28 heavy (non-hydrogen) atoms. The summed E-state index contributed by atoms with van der Waals surface area (Å²) in [7, 11) is 0. The van der Waals surface area contributed by atoms with Crippen molar-refractivity contribution in [2.45, 2.75) is 6.92 Å². The van der Waals surface area contributed by atoms with Crippen molar-refractivity contribution in [1.82, 2.24) is 0 Å². The monoisotopic (exact) mass is 392 g/mol. The van der Waals surface area contributed by atoms with Gasteiger partial charge in [-0.1, -0.05) is 11.6 Å². The van der Waals surface area contributed by atoms with Gasteiger partial charge in [-0.2, -0.15) is 15.8 Å². The Morgan fingerprint density at radius 2 is 1.93 bits per heavy atom. The lowest BCUT2D eigenvalue weighted by Gasteiger charge is -2.06. The second-order valence-electron chi connectivity index (χ2n) is 5.30. The van der Waals surface area contributed by atoms with E-state index in [2.05, 4.69) is 0 Å². The third-order valence-corrected chi connectivity index (χ3v) is 3.89. The Kier molecular flexibility index (Phi) is 6.60. The Balaban J connectivity index is 2.42. The van der Waals surface area contributed by atoms with Crippen molar-refractivity contribution in [2.24, 2.45) is 5.73 Å². The quantitative estimate of drug-likeness (QED) is 0.462. The Morgan fingerprint density at radius 3 is 2.54 bits per heavy atom. The first-order valence-corrected chi connectivity index (χ1v) is 8.31. The summed E-state index contributed by atoms with van der Waals surface area (Å²) in [6.45, 7) is 1.91. The number of carbonyl (C=O) groups excluding carboxylic acids is 1. The number of furan rings is 1. The van der Waals surface area contributed by atoms with Crippen LogP contribution in [0.5, 0.6) is 0 Å². The molecule has 0 aliphatic rings. The van der Waals surface area contributed by atoms with Crippen LogP contribution in [0.4, 0.5) is 0 Å². The predicted molar refractivity (Wildman–Crippen MR) is 101 cm³/mol. The number of halogens is 1. The molecule has 0 fully saturated rings. The fourth-order valence-corrected chi connectivity index (χ4v) is 2.42. The SMILES string of the molecule is CCOC(=O)c1cc(-c2ccc(C=C(C#N)C(N)=C(C#N)C#N)o2)ccc1Cl. The minimum Gasteiger partial charge on any atom is -0.462 e. The van der Waals surface area contributed by atoms with Crippen LogP contribution in [0.15, 0.2) is 51.6 Å². The second-order valence-corrected chi connectivity index (χ2v) is 5.71. The van der Waals surface area contributed by atoms with Crippen LogP contribution < -0.4 is 5.73 Å². The maximum atomic E-state index is 12.0. The fourth-order valence-electron chi connectivity index (χ4n) is 2.22. The van der Waals surface area contributed by atoms with E-state index in [4.69, 9.17) is 37.0 Å². The third kappa shape index (κ3) is 4.40. The lowest BCUT2D eigenvalue weighted by Crippen LogP contribution is -2.05. The summed E-state index contributed by atoms with van der Waals surface area (Å²) in [5, 5.41) is 27.2. The Bertz CT molecular complexity index is 1090. The molecule has 0 radical (unpaired) electrons. The van der Waals surface area contributed by atoms with Gasteiger partial charge in [0.05, 0.1) is 28.5 Å². The van der Waals surface area contributed by atoms with Crippen LogP contribution in [0.3, 0.4) is 0 Å². The Morgan fingerprint density at radius 1 is 1.21 bits per heavy atom. The average molecular weight is 393 g/mol. The molecule has 1 aromatic heterocycles. The van der Waals surface area contributed by atoms with Crippen LogP contribution in [0.1, 0.15) is 23.0 Å². The summed E-state index contributed by atoms with van der Waals surface area (Å²) in [6, 6.07) is 13.1. The maximum absolute atomic E-state index is 12.0. The highest BCUT2D eigenvalue weighted by molar-refractivity contribution is 6.33. The molecule has 0 amide bonds. The van der Waals surface area contributed by atoms with Gasteiger partial charge < -0.3 is 14.9 Å². The molecule has 0 atom stereocenters. The highest BCUT2D eigenvalue weighted by Gasteiger charge is 2.15. The number of nitrogens with zero attached hydrogens (tertiary/aromatic N) is 3. The lowest BCUT2D eigenvalue weighted by molar-refractivity contribution is 0.0526. The number of hydrogen-bond donors (Lipinski definition) is 1. The zero-order valence-electron chi connectivity index (χ0n) is 14.7. The van der Waals surface area contributed by atoms with Gasteiger partial charge in [-0.3, -0.25) is 0 Å². The van der Waals surface area contributed by atoms with Gasteiger partial charge in [0.25, 0.3) is 0 Å². The van der Waals surface area contributed by atoms with E-state index in [-0.39, 0.29) is 39.8 Å². The predicted octanol–water partition coefficient (Wildman–Crippen LogP) is 3.94. The van der Waals surface area contributed by atoms with E-state index in [9.17, 15) is 10.1 Å². The highest BCUT2D eigenvalue weighted by atomic mass is 35.5. The number of nitriles is 3. The minimum absolute atomic E-state index is 0.0812. The third-order valence-electron chi connectivity index (χ3n) is 3.56. The summed E-state index contributed by atoms with van der Waals surface area (Å²) >= 11 is 6.05. The summed E-state index contributed by atoms with van der Waals surface area (Å²) in [4.78, 5) is 12.0. The Hall–Kier alpha value is -3.99. The van der Waals surface area contributed by atoms with Gasteiger partial charge in [0.1, 0.15) is 29.7 Å². The zero-order valence-corrected chi connectivity index (χ0v) is 15.4. The van der Waals surface area contributed by atoms with E-state index >= 15 is 0 Å². The van der Waals surface area contributed by atoms with E-state index in [1.807, 2.05) is 6.07 Å². The van der Waals surface area contributed by atoms with Crippen molar-refractivity contribution in [3.63, 3.8) is 0 Å². The molecule has 0 unspecified atom stereocenters. The Labute approximate surface area is 166 Å². The largest absolute Gasteiger partial charge is 0.462 e. The van der Waals surface area contributed by atoms with E-state index < -0.39 is 5.97 Å². The molecular weight excluding hydrogens is 380 g/mol. The molecule has 7 nitrogen and oxygen atoms in total. The molecule has 8 heteroatoms. The number of rotatable bonds is 5. The molecule has 2 N–H and O–H groups in total. The number of allylic oxidation sites excluding steroid dienone is 2. The first-order valence-electron chi connectivity index (χ1n) is 7.94. The zero-order chi connectivity index (χ0) is 20.7. The maximum Gasteiger partial charge on any atom is 0.339 e. The molecule has 1 aromatic carbocycles. The first-order chi connectivity index (χ1) is 13.4. The number of hydrogen-bond acceptors (Lipinski definition) is 7. The molecule has 0 aliphatic heterocycles. The van der Waals surface area contributed by atoms with Crippen LogP contribution in [-0.2, 0) is 4.74 Å². The van der Waals surface area contributed by atoms with Gasteiger partial charge in [-0.25, -0.2) is 4.79 Å². The molecular formula is C20H13ClN4O3. The first kappa shape index (κ1) is 20.3. The molecule has 2 aromatic rings. The smallest absolute Gasteiger partial charge is 0.339 e. The summed E-state index contributed by atoms with van der Waals surface area (Å²) in [5.74, 6) is 0.137. The van der Waals surface area contributed by atoms with E-state index in [1.165, 1.54) is 12.1 Å². The summed E-state index contributed by atoms with van der Waals surface area (Å²) in [6.07, 6.45) is 1.32. The van der Waals surface area contributed by atoms with Crippen molar-refractivity contribution in [3.8, 4) is 29.5 Å². The number of carbonyl (C=O) groups is 1. The van der Waals surface area contributed by atoms with Gasteiger partial charge in [0.15, 0.2) is 5.57 Å². The van der Waals surface area contributed by atoms with Crippen molar-refractivity contribution >= 4 is 23.6 Å². The number of esters is 1. The molecule has 0 saturated carbocycles. The standard InChI is InChI=1S/C20H13ClN4O3/c1-2-27-20(26)16-8-12(3-5-17(16)21)18-6-4-15(28-18)7-13(9-22)19(25)14(10-23)11-24/h3-8H,2,25H2,1H3. The van der Waals surface area contributed by atoms with Gasteiger partial charge in [-0.15, -0.1) is 0 Å². The fraction of sp³-hybridized carbons (Fsp3) is 0.100. The van der Waals surface area contributed by atoms with Crippen molar-refractivity contribution in [3.05, 3.63) is 63.5 Å². The average Bonchev–Trinajstić information content (AvgIpc) is 3.16. The van der Waals surface area contributed by atoms with E-state index in [1.54, 1.807) is 43.3 Å². The van der Waals surface area contributed by atoms with Crippen LogP contribution in [0.25, 0.3) is 17.4 Å². The normalized spacial score (nSPS) is 10.3. The van der Waals surface area contributed by atoms with Gasteiger partial charge in [-0.05, 0) is 37.3 Å². The molecule has 2 rings (SSSR count). The summed E-state index contributed by atoms with van der Waals surface area (Å²) < 4.78 is 10.6. The summed E-state index contributed by atoms with van der Waals surface area (Å²) in [5.41, 5.74) is 5.79. The van der Waals surface area contributed by atoms with Crippen LogP contribution in [0.2, 0.25) is 5.02 Å². The second kappa shape index (κ2) is 9.09.